The van der Waals surface area contributed by atoms with Crippen molar-refractivity contribution < 1.29 is 9.90 Å². The topological polar surface area (TPSA) is 49.3 Å². The predicted molar refractivity (Wildman–Crippen MR) is 86.1 cm³/mol. The maximum atomic E-state index is 11.8. The van der Waals surface area contributed by atoms with Crippen LogP contribution in [0.25, 0.3) is 0 Å². The van der Waals surface area contributed by atoms with E-state index in [4.69, 9.17) is 5.11 Å². The molecule has 2 N–H and O–H groups in total. The molecule has 0 bridgehead atoms. The summed E-state index contributed by atoms with van der Waals surface area (Å²) in [6.07, 6.45) is 0.857. The first-order chi connectivity index (χ1) is 9.52. The molecule has 20 heavy (non-hydrogen) atoms. The van der Waals surface area contributed by atoms with E-state index in [-0.39, 0.29) is 24.5 Å². The van der Waals surface area contributed by atoms with Crippen LogP contribution in [0.5, 0.6) is 0 Å². The van der Waals surface area contributed by atoms with Gasteiger partial charge in [-0.15, -0.1) is 0 Å². The van der Waals surface area contributed by atoms with Crippen LogP contribution in [-0.2, 0) is 11.2 Å². The van der Waals surface area contributed by atoms with Gasteiger partial charge in [-0.2, -0.15) is 11.8 Å². The molecule has 4 heteroatoms. The lowest BCUT2D eigenvalue weighted by molar-refractivity contribution is -0.119. The lowest BCUT2D eigenvalue weighted by Crippen LogP contribution is -2.35. The highest BCUT2D eigenvalue weighted by Gasteiger charge is 2.10. The molecule has 0 saturated heterocycles. The molecule has 1 rings (SSSR count). The summed E-state index contributed by atoms with van der Waals surface area (Å²) in [5, 5.41) is 11.9. The Kier molecular flexibility index (Phi) is 7.70. The molecule has 2 atom stereocenters. The second-order valence-corrected chi connectivity index (χ2v) is 6.43. The minimum absolute atomic E-state index is 0.0706. The smallest absolute Gasteiger partial charge is 0.230 e. The Hall–Kier alpha value is -1.000. The predicted octanol–water partition coefficient (Wildman–Crippen LogP) is 2.40. The van der Waals surface area contributed by atoms with E-state index < -0.39 is 0 Å². The Labute approximate surface area is 126 Å². The summed E-state index contributed by atoms with van der Waals surface area (Å²) in [4.78, 5) is 11.8. The lowest BCUT2D eigenvalue weighted by Gasteiger charge is -2.15. The van der Waals surface area contributed by atoms with Gasteiger partial charge < -0.3 is 10.4 Å². The number of nitrogens with one attached hydrogen (secondary N) is 1. The van der Waals surface area contributed by atoms with Crippen LogP contribution in [0.4, 0.5) is 0 Å². The normalized spacial score (nSPS) is 13.8. The van der Waals surface area contributed by atoms with Gasteiger partial charge in [0.2, 0.25) is 5.91 Å². The van der Waals surface area contributed by atoms with Crippen LogP contribution in [0, 0.1) is 12.8 Å². The fourth-order valence-corrected chi connectivity index (χ4v) is 2.84. The minimum atomic E-state index is 0.0706. The number of carbonyl (C=O) groups excluding carboxylic acids is 1. The second-order valence-electron chi connectivity index (χ2n) is 5.40. The van der Waals surface area contributed by atoms with Crippen molar-refractivity contribution in [2.75, 3.05) is 18.1 Å². The van der Waals surface area contributed by atoms with Crippen molar-refractivity contribution in [3.05, 3.63) is 35.4 Å². The zero-order valence-electron chi connectivity index (χ0n) is 12.6. The molecule has 2 unspecified atom stereocenters. The molecule has 0 aromatic heterocycles. The van der Waals surface area contributed by atoms with Crippen molar-refractivity contribution in [1.29, 1.82) is 0 Å². The van der Waals surface area contributed by atoms with Gasteiger partial charge in [0.25, 0.3) is 0 Å². The molecule has 0 radical (unpaired) electrons. The quantitative estimate of drug-likeness (QED) is 0.774. The van der Waals surface area contributed by atoms with E-state index in [2.05, 4.69) is 24.4 Å². The number of aliphatic hydroxyl groups is 1. The maximum Gasteiger partial charge on any atom is 0.230 e. The van der Waals surface area contributed by atoms with Crippen LogP contribution in [-0.4, -0.2) is 35.2 Å². The molecule has 1 aromatic carbocycles. The SMILES string of the molecule is Cc1ccccc1CC(C)NC(=O)CSCC(C)CO. The number of rotatable bonds is 8. The highest BCUT2D eigenvalue weighted by molar-refractivity contribution is 7.99. The van der Waals surface area contributed by atoms with Gasteiger partial charge in [-0.25, -0.2) is 0 Å². The first-order valence-corrected chi connectivity index (χ1v) is 8.20. The molecule has 0 spiro atoms. The number of aliphatic hydroxyl groups excluding tert-OH is 1. The molecule has 0 aliphatic rings. The van der Waals surface area contributed by atoms with Crippen LogP contribution in [0.3, 0.4) is 0 Å². The van der Waals surface area contributed by atoms with Gasteiger partial charge in [-0.1, -0.05) is 31.2 Å². The van der Waals surface area contributed by atoms with Gasteiger partial charge in [0, 0.05) is 12.6 Å². The first-order valence-electron chi connectivity index (χ1n) is 7.05. The van der Waals surface area contributed by atoms with E-state index in [1.165, 1.54) is 11.1 Å². The van der Waals surface area contributed by atoms with Crippen molar-refractivity contribution in [3.63, 3.8) is 0 Å². The molecule has 1 amide bonds. The van der Waals surface area contributed by atoms with E-state index >= 15 is 0 Å². The van der Waals surface area contributed by atoms with E-state index in [0.29, 0.717) is 5.75 Å². The Morgan fingerprint density at radius 2 is 2.05 bits per heavy atom. The zero-order chi connectivity index (χ0) is 15.0. The van der Waals surface area contributed by atoms with Crippen molar-refractivity contribution in [1.82, 2.24) is 5.32 Å². The average Bonchev–Trinajstić information content (AvgIpc) is 2.41. The Morgan fingerprint density at radius 1 is 1.35 bits per heavy atom. The third-order valence-corrected chi connectivity index (χ3v) is 4.41. The summed E-state index contributed by atoms with van der Waals surface area (Å²) in [5.41, 5.74) is 2.54. The van der Waals surface area contributed by atoms with Gasteiger partial charge in [0.1, 0.15) is 0 Å². The van der Waals surface area contributed by atoms with Crippen molar-refractivity contribution >= 4 is 17.7 Å². The zero-order valence-corrected chi connectivity index (χ0v) is 13.4. The van der Waals surface area contributed by atoms with Crippen molar-refractivity contribution in [2.24, 2.45) is 5.92 Å². The number of hydrogen-bond acceptors (Lipinski definition) is 3. The monoisotopic (exact) mass is 295 g/mol. The second kappa shape index (κ2) is 9.03. The van der Waals surface area contributed by atoms with E-state index in [1.54, 1.807) is 11.8 Å². The number of amides is 1. The molecular weight excluding hydrogens is 270 g/mol. The highest BCUT2D eigenvalue weighted by atomic mass is 32.2. The van der Waals surface area contributed by atoms with Gasteiger partial charge >= 0.3 is 0 Å². The third kappa shape index (κ3) is 6.44. The van der Waals surface area contributed by atoms with Gasteiger partial charge in [-0.3, -0.25) is 4.79 Å². The summed E-state index contributed by atoms with van der Waals surface area (Å²) in [7, 11) is 0. The fraction of sp³-hybridized carbons (Fsp3) is 0.562. The van der Waals surface area contributed by atoms with Crippen LogP contribution in [0.15, 0.2) is 24.3 Å². The van der Waals surface area contributed by atoms with E-state index in [9.17, 15) is 4.79 Å². The van der Waals surface area contributed by atoms with Gasteiger partial charge in [-0.05, 0) is 43.1 Å². The maximum absolute atomic E-state index is 11.8. The number of hydrogen-bond donors (Lipinski definition) is 2. The summed E-state index contributed by atoms with van der Waals surface area (Å²) >= 11 is 1.57. The highest BCUT2D eigenvalue weighted by Crippen LogP contribution is 2.10. The summed E-state index contributed by atoms with van der Waals surface area (Å²) in [5.74, 6) is 1.59. The van der Waals surface area contributed by atoms with Crippen LogP contribution < -0.4 is 5.32 Å². The van der Waals surface area contributed by atoms with Crippen LogP contribution in [0.1, 0.15) is 25.0 Å². The molecule has 1 aromatic rings. The van der Waals surface area contributed by atoms with Crippen molar-refractivity contribution in [3.8, 4) is 0 Å². The number of benzene rings is 1. The molecule has 112 valence electrons. The molecular formula is C16H25NO2S. The summed E-state index contributed by atoms with van der Waals surface area (Å²) in [6, 6.07) is 8.40. The summed E-state index contributed by atoms with van der Waals surface area (Å²) in [6.45, 7) is 6.28. The standard InChI is InChI=1S/C16H25NO2S/c1-12(9-18)10-20-11-16(19)17-14(3)8-15-7-5-4-6-13(15)2/h4-7,12,14,18H,8-11H2,1-3H3,(H,17,19). The van der Waals surface area contributed by atoms with Gasteiger partial charge in [0.15, 0.2) is 0 Å². The van der Waals surface area contributed by atoms with Crippen LogP contribution >= 0.6 is 11.8 Å². The molecule has 0 aliphatic heterocycles. The van der Waals surface area contributed by atoms with Crippen molar-refractivity contribution in [2.45, 2.75) is 33.2 Å². The Balaban J connectivity index is 2.30. The average molecular weight is 295 g/mol. The molecule has 0 saturated carbocycles. The van der Waals surface area contributed by atoms with Gasteiger partial charge in [0.05, 0.1) is 5.75 Å². The first kappa shape index (κ1) is 17.1. The number of aryl methyl sites for hydroxylation is 1. The molecule has 0 aliphatic carbocycles. The third-order valence-electron chi connectivity index (χ3n) is 3.14. The van der Waals surface area contributed by atoms with E-state index in [0.717, 1.165) is 12.2 Å². The molecule has 0 fully saturated rings. The van der Waals surface area contributed by atoms with Crippen LogP contribution in [0.2, 0.25) is 0 Å². The minimum Gasteiger partial charge on any atom is -0.396 e. The summed E-state index contributed by atoms with van der Waals surface area (Å²) < 4.78 is 0. The number of carbonyl (C=O) groups is 1. The number of thioether (sulfide) groups is 1. The fourth-order valence-electron chi connectivity index (χ4n) is 1.94. The van der Waals surface area contributed by atoms with E-state index in [1.807, 2.05) is 26.0 Å². The largest absolute Gasteiger partial charge is 0.396 e. The molecule has 3 nitrogen and oxygen atoms in total. The molecule has 0 heterocycles. The lowest BCUT2D eigenvalue weighted by atomic mass is 10.0. The Bertz CT molecular complexity index is 423. The Morgan fingerprint density at radius 3 is 2.70 bits per heavy atom.